The van der Waals surface area contributed by atoms with Crippen molar-refractivity contribution >= 4 is 43.9 Å². The molecule has 0 radical (unpaired) electrons. The molecule has 0 atom stereocenters. The number of rotatable bonds is 3. The highest BCUT2D eigenvalue weighted by molar-refractivity contribution is 9.11. The molecule has 0 amide bonds. The Morgan fingerprint density at radius 3 is 2.43 bits per heavy atom. The molecule has 0 aliphatic heterocycles. The van der Waals surface area contributed by atoms with Crippen LogP contribution in [0.4, 0.5) is 0 Å². The van der Waals surface area contributed by atoms with Crippen molar-refractivity contribution in [1.29, 1.82) is 0 Å². The second-order valence-electron chi connectivity index (χ2n) is 4.27. The van der Waals surface area contributed by atoms with Gasteiger partial charge >= 0.3 is 5.97 Å². The number of phenols is 1. The largest absolute Gasteiger partial charge is 0.506 e. The molecule has 0 aliphatic carbocycles. The summed E-state index contributed by atoms with van der Waals surface area (Å²) in [5, 5.41) is 9.75. The summed E-state index contributed by atoms with van der Waals surface area (Å²) < 4.78 is 5.79. The first-order valence-electron chi connectivity index (χ1n) is 6.05. The first-order chi connectivity index (χ1) is 10.0. The second-order valence-corrected chi connectivity index (χ2v) is 5.98. The summed E-state index contributed by atoms with van der Waals surface area (Å²) in [5.74, 6) is -0.226. The average Bonchev–Trinajstić information content (AvgIpc) is 2.50. The predicted molar refractivity (Wildman–Crippen MR) is 90.0 cm³/mol. The molecule has 2 aromatic carbocycles. The van der Waals surface area contributed by atoms with E-state index in [1.165, 1.54) is 13.2 Å². The topological polar surface area (TPSA) is 46.5 Å². The van der Waals surface area contributed by atoms with Gasteiger partial charge in [0.05, 0.1) is 16.1 Å². The third-order valence-corrected chi connectivity index (χ3v) is 4.06. The van der Waals surface area contributed by atoms with E-state index in [-0.39, 0.29) is 5.75 Å². The fourth-order valence-corrected chi connectivity index (χ4v) is 2.97. The highest BCUT2D eigenvalue weighted by atomic mass is 79.9. The maximum absolute atomic E-state index is 11.1. The molecular weight excluding hydrogens is 400 g/mol. The average molecular weight is 412 g/mol. The van der Waals surface area contributed by atoms with Crippen LogP contribution >= 0.6 is 31.9 Å². The van der Waals surface area contributed by atoms with Crippen molar-refractivity contribution in [1.82, 2.24) is 0 Å². The number of esters is 1. The molecule has 5 heteroatoms. The number of carbonyl (C=O) groups excluding carboxylic acids is 1. The van der Waals surface area contributed by atoms with Crippen LogP contribution in [0.2, 0.25) is 0 Å². The van der Waals surface area contributed by atoms with Crippen molar-refractivity contribution in [2.75, 3.05) is 7.11 Å². The number of benzene rings is 2. The van der Waals surface area contributed by atoms with Gasteiger partial charge in [-0.1, -0.05) is 18.2 Å². The Labute approximate surface area is 139 Å². The maximum atomic E-state index is 11.1. The number of phenolic OH excluding ortho intramolecular Hbond substituents is 1. The van der Waals surface area contributed by atoms with Gasteiger partial charge in [-0.25, -0.2) is 4.79 Å². The lowest BCUT2D eigenvalue weighted by atomic mass is 10.0. The lowest BCUT2D eigenvalue weighted by Gasteiger charge is -2.07. The van der Waals surface area contributed by atoms with Crippen LogP contribution in [0.5, 0.6) is 5.75 Å². The van der Waals surface area contributed by atoms with Crippen LogP contribution in [0.25, 0.3) is 17.2 Å². The monoisotopic (exact) mass is 410 g/mol. The van der Waals surface area contributed by atoms with E-state index in [0.29, 0.717) is 8.95 Å². The molecular formula is C16H12Br2O3. The maximum Gasteiger partial charge on any atom is 0.330 e. The molecule has 0 heterocycles. The Morgan fingerprint density at radius 2 is 1.81 bits per heavy atom. The number of hydrogen-bond acceptors (Lipinski definition) is 3. The zero-order valence-electron chi connectivity index (χ0n) is 11.1. The van der Waals surface area contributed by atoms with Crippen molar-refractivity contribution in [3.05, 3.63) is 57.0 Å². The quantitative estimate of drug-likeness (QED) is 0.584. The zero-order valence-corrected chi connectivity index (χ0v) is 14.3. The minimum absolute atomic E-state index is 0.167. The molecule has 0 saturated heterocycles. The van der Waals surface area contributed by atoms with Crippen LogP contribution < -0.4 is 0 Å². The third kappa shape index (κ3) is 3.95. The summed E-state index contributed by atoms with van der Waals surface area (Å²) in [6.07, 6.45) is 3.07. The van der Waals surface area contributed by atoms with Gasteiger partial charge in [0, 0.05) is 6.08 Å². The predicted octanol–water partition coefficient (Wildman–Crippen LogP) is 4.77. The molecule has 2 rings (SSSR count). The summed E-state index contributed by atoms with van der Waals surface area (Å²) in [6, 6.07) is 11.4. The van der Waals surface area contributed by atoms with Gasteiger partial charge in [-0.2, -0.15) is 0 Å². The summed E-state index contributed by atoms with van der Waals surface area (Å²) in [7, 11) is 1.34. The molecule has 0 aliphatic rings. The number of aromatic hydroxyl groups is 1. The van der Waals surface area contributed by atoms with Gasteiger partial charge in [-0.05, 0) is 72.8 Å². The van der Waals surface area contributed by atoms with Crippen LogP contribution in [0.1, 0.15) is 5.56 Å². The van der Waals surface area contributed by atoms with Crippen molar-refractivity contribution in [2.24, 2.45) is 0 Å². The van der Waals surface area contributed by atoms with Gasteiger partial charge < -0.3 is 9.84 Å². The fraction of sp³-hybridized carbons (Fsp3) is 0.0625. The van der Waals surface area contributed by atoms with E-state index in [1.54, 1.807) is 6.08 Å². The van der Waals surface area contributed by atoms with Crippen LogP contribution in [-0.2, 0) is 9.53 Å². The van der Waals surface area contributed by atoms with Gasteiger partial charge in [0.25, 0.3) is 0 Å². The van der Waals surface area contributed by atoms with E-state index in [0.717, 1.165) is 16.7 Å². The van der Waals surface area contributed by atoms with Gasteiger partial charge in [0.2, 0.25) is 0 Å². The van der Waals surface area contributed by atoms with Crippen molar-refractivity contribution in [3.63, 3.8) is 0 Å². The molecule has 0 unspecified atom stereocenters. The van der Waals surface area contributed by atoms with E-state index < -0.39 is 5.97 Å². The lowest BCUT2D eigenvalue weighted by Crippen LogP contribution is -1.93. The fourth-order valence-electron chi connectivity index (χ4n) is 1.79. The summed E-state index contributed by atoms with van der Waals surface area (Å²) >= 11 is 6.63. The number of methoxy groups -OCH3 is 1. The van der Waals surface area contributed by atoms with Gasteiger partial charge in [-0.15, -0.1) is 0 Å². The lowest BCUT2D eigenvalue weighted by molar-refractivity contribution is -0.134. The standard InChI is InChI=1S/C16H12Br2O3/c1-21-15(19)6-5-10-3-2-4-11(7-10)12-8-13(17)16(20)14(18)9-12/h2-9,20H,1H3. The summed E-state index contributed by atoms with van der Waals surface area (Å²) in [5.41, 5.74) is 2.81. The molecule has 21 heavy (non-hydrogen) atoms. The van der Waals surface area contributed by atoms with Crippen LogP contribution in [0.15, 0.2) is 51.4 Å². The Kier molecular flexibility index (Phi) is 5.20. The molecule has 108 valence electrons. The van der Waals surface area contributed by atoms with Crippen molar-refractivity contribution in [3.8, 4) is 16.9 Å². The van der Waals surface area contributed by atoms with E-state index in [2.05, 4.69) is 36.6 Å². The first-order valence-corrected chi connectivity index (χ1v) is 7.64. The zero-order chi connectivity index (χ0) is 15.4. The Bertz CT molecular complexity index is 685. The molecule has 0 aromatic heterocycles. The van der Waals surface area contributed by atoms with Crippen molar-refractivity contribution < 1.29 is 14.6 Å². The van der Waals surface area contributed by atoms with Gasteiger partial charge in [-0.3, -0.25) is 0 Å². The van der Waals surface area contributed by atoms with Gasteiger partial charge in [0.1, 0.15) is 5.75 Å². The van der Waals surface area contributed by atoms with E-state index in [4.69, 9.17) is 0 Å². The van der Waals surface area contributed by atoms with Gasteiger partial charge in [0.15, 0.2) is 0 Å². The molecule has 1 N–H and O–H groups in total. The van der Waals surface area contributed by atoms with E-state index >= 15 is 0 Å². The summed E-state index contributed by atoms with van der Waals surface area (Å²) in [4.78, 5) is 11.1. The number of halogens is 2. The normalized spacial score (nSPS) is 10.8. The van der Waals surface area contributed by atoms with Crippen LogP contribution in [0, 0.1) is 0 Å². The summed E-state index contributed by atoms with van der Waals surface area (Å²) in [6.45, 7) is 0. The molecule has 0 bridgehead atoms. The third-order valence-electron chi connectivity index (χ3n) is 2.85. The van der Waals surface area contributed by atoms with Crippen LogP contribution in [-0.4, -0.2) is 18.2 Å². The molecule has 0 saturated carbocycles. The Balaban J connectivity index is 2.37. The minimum Gasteiger partial charge on any atom is -0.506 e. The van der Waals surface area contributed by atoms with E-state index in [9.17, 15) is 9.90 Å². The second kappa shape index (κ2) is 6.91. The molecule has 0 fully saturated rings. The molecule has 3 nitrogen and oxygen atoms in total. The Hall–Kier alpha value is -1.59. The smallest absolute Gasteiger partial charge is 0.330 e. The minimum atomic E-state index is -0.393. The number of carbonyl (C=O) groups is 1. The number of ether oxygens (including phenoxy) is 1. The Morgan fingerprint density at radius 1 is 1.14 bits per heavy atom. The molecule has 2 aromatic rings. The molecule has 0 spiro atoms. The SMILES string of the molecule is COC(=O)C=Cc1cccc(-c2cc(Br)c(O)c(Br)c2)c1. The van der Waals surface area contributed by atoms with E-state index in [1.807, 2.05) is 36.4 Å². The first kappa shape index (κ1) is 15.8. The van der Waals surface area contributed by atoms with Crippen molar-refractivity contribution in [2.45, 2.75) is 0 Å². The van der Waals surface area contributed by atoms with Crippen LogP contribution in [0.3, 0.4) is 0 Å². The number of hydrogen-bond donors (Lipinski definition) is 1. The highest BCUT2D eigenvalue weighted by Crippen LogP contribution is 2.37. The highest BCUT2D eigenvalue weighted by Gasteiger charge is 2.07.